The predicted molar refractivity (Wildman–Crippen MR) is 159 cm³/mol. The molecule has 204 valence electrons. The predicted octanol–water partition coefficient (Wildman–Crippen LogP) is 6.19. The third-order valence-corrected chi connectivity index (χ3v) is 9.28. The summed E-state index contributed by atoms with van der Waals surface area (Å²) in [6.07, 6.45) is 3.35. The number of benzene rings is 2. The molecule has 4 aromatic rings. The first-order chi connectivity index (χ1) is 19.1. The molecule has 4 heterocycles. The van der Waals surface area contributed by atoms with Crippen molar-refractivity contribution in [2.45, 2.75) is 68.1 Å². The average molecular weight is 552 g/mol. The van der Waals surface area contributed by atoms with Gasteiger partial charge in [0.1, 0.15) is 11.8 Å². The van der Waals surface area contributed by atoms with Gasteiger partial charge in [-0.3, -0.25) is 10.1 Å². The monoisotopic (exact) mass is 551 g/mol. The normalized spacial score (nSPS) is 22.5. The van der Waals surface area contributed by atoms with Gasteiger partial charge in [-0.25, -0.2) is 4.98 Å². The summed E-state index contributed by atoms with van der Waals surface area (Å²) in [5.41, 5.74) is 5.31. The molecule has 0 radical (unpaired) electrons. The first-order valence-electron chi connectivity index (χ1n) is 13.5. The van der Waals surface area contributed by atoms with Crippen LogP contribution in [0.15, 0.2) is 65.7 Å². The molecule has 2 aliphatic heterocycles. The molecule has 1 atom stereocenters. The number of nitrogens with one attached hydrogen (secondary N) is 1. The van der Waals surface area contributed by atoms with Crippen molar-refractivity contribution in [1.82, 2.24) is 9.97 Å². The minimum atomic E-state index is -0.890. The van der Waals surface area contributed by atoms with E-state index in [1.54, 1.807) is 0 Å². The number of fused-ring (bicyclic) bond motifs is 2. The Morgan fingerprint density at radius 2 is 1.95 bits per heavy atom. The van der Waals surface area contributed by atoms with Crippen LogP contribution in [0.2, 0.25) is 0 Å². The van der Waals surface area contributed by atoms with Gasteiger partial charge in [-0.1, -0.05) is 24.3 Å². The molecule has 1 unspecified atom stereocenters. The molecule has 1 aliphatic carbocycles. The second-order valence-electron chi connectivity index (χ2n) is 11.8. The van der Waals surface area contributed by atoms with Crippen LogP contribution in [0.3, 0.4) is 0 Å². The number of rotatable bonds is 7. The fourth-order valence-electron chi connectivity index (χ4n) is 6.37. The van der Waals surface area contributed by atoms with Crippen LogP contribution in [-0.2, 0) is 10.2 Å². The lowest BCUT2D eigenvalue weighted by Gasteiger charge is -2.50. The van der Waals surface area contributed by atoms with Crippen molar-refractivity contribution in [2.24, 2.45) is 5.14 Å². The number of aromatic nitrogens is 2. The van der Waals surface area contributed by atoms with E-state index >= 15 is 0 Å². The second-order valence-corrected chi connectivity index (χ2v) is 12.5. The van der Waals surface area contributed by atoms with Crippen LogP contribution in [0.5, 0.6) is 0 Å². The molecule has 2 bridgehead atoms. The van der Waals surface area contributed by atoms with Crippen LogP contribution in [0.25, 0.3) is 22.0 Å². The zero-order valence-electron chi connectivity index (χ0n) is 23.2. The molecule has 2 saturated heterocycles. The molecular formula is C32H33N5O2S. The highest BCUT2D eigenvalue weighted by Gasteiger charge is 2.69. The van der Waals surface area contributed by atoms with E-state index in [1.165, 1.54) is 11.9 Å². The van der Waals surface area contributed by atoms with Crippen LogP contribution in [0.4, 0.5) is 5.69 Å². The topological polar surface area (TPSA) is 117 Å². The number of anilines is 1. The number of nitrogens with zero attached hydrogens (tertiary/aromatic N) is 3. The Balaban J connectivity index is 1.36. The number of ether oxygens (including phenoxy) is 1. The molecule has 8 heteroatoms. The van der Waals surface area contributed by atoms with Crippen molar-refractivity contribution < 1.29 is 9.84 Å². The molecule has 7 nitrogen and oxygen atoms in total. The Labute approximate surface area is 238 Å². The zero-order valence-corrected chi connectivity index (χ0v) is 24.0. The van der Waals surface area contributed by atoms with Crippen molar-refractivity contribution in [3.63, 3.8) is 0 Å². The summed E-state index contributed by atoms with van der Waals surface area (Å²) in [6.45, 7) is 8.36. The average Bonchev–Trinajstić information content (AvgIpc) is 3.52. The molecule has 40 heavy (non-hydrogen) atoms. The van der Waals surface area contributed by atoms with E-state index in [0.29, 0.717) is 12.3 Å². The molecular weight excluding hydrogens is 518 g/mol. The third-order valence-electron chi connectivity index (χ3n) is 8.67. The Morgan fingerprint density at radius 1 is 1.18 bits per heavy atom. The van der Waals surface area contributed by atoms with E-state index in [-0.39, 0.29) is 11.5 Å². The maximum Gasteiger partial charge on any atom is 0.149 e. The summed E-state index contributed by atoms with van der Waals surface area (Å²) in [5, 5.41) is 31.1. The maximum absolute atomic E-state index is 10.6. The number of aryl methyl sites for hydroxylation is 1. The standard InChI is InChI=1S/C32H33N5O2S/c1-19-11-22(20(2)36-25-7-5-6-8-28(25)40-34)24-13-23(27(14-33)37-26(24)12-19)21-9-10-29(35-15-21)31-16-32(17-31,39-18-31)30(3,4)38/h5-13,15,20,36,38H,16-18,34H2,1-4H3. The molecule has 0 spiro atoms. The van der Waals surface area contributed by atoms with Crippen LogP contribution in [-0.4, -0.2) is 32.9 Å². The lowest BCUT2D eigenvalue weighted by atomic mass is 9.56. The summed E-state index contributed by atoms with van der Waals surface area (Å²) in [5.74, 6) is 0. The Bertz CT molecular complexity index is 1650. The van der Waals surface area contributed by atoms with Crippen molar-refractivity contribution in [3.8, 4) is 17.2 Å². The highest BCUT2D eigenvalue weighted by atomic mass is 32.2. The van der Waals surface area contributed by atoms with Gasteiger partial charge in [-0.15, -0.1) is 0 Å². The zero-order chi connectivity index (χ0) is 28.3. The molecule has 7 rings (SSSR count). The summed E-state index contributed by atoms with van der Waals surface area (Å²) < 4.78 is 6.08. The van der Waals surface area contributed by atoms with Gasteiger partial charge in [-0.2, -0.15) is 5.26 Å². The van der Waals surface area contributed by atoms with E-state index < -0.39 is 11.2 Å². The van der Waals surface area contributed by atoms with Crippen LogP contribution in [0, 0.1) is 18.3 Å². The van der Waals surface area contributed by atoms with E-state index in [1.807, 2.05) is 69.4 Å². The summed E-state index contributed by atoms with van der Waals surface area (Å²) in [7, 11) is 0. The summed E-state index contributed by atoms with van der Waals surface area (Å²) >= 11 is 1.22. The van der Waals surface area contributed by atoms with Crippen molar-refractivity contribution >= 4 is 28.5 Å². The van der Waals surface area contributed by atoms with Gasteiger partial charge >= 0.3 is 0 Å². The van der Waals surface area contributed by atoms with Crippen LogP contribution < -0.4 is 10.5 Å². The quantitative estimate of drug-likeness (QED) is 0.233. The van der Waals surface area contributed by atoms with Gasteiger partial charge in [0.2, 0.25) is 0 Å². The summed E-state index contributed by atoms with van der Waals surface area (Å²) in [6, 6.07) is 20.6. The second kappa shape index (κ2) is 9.57. The minimum absolute atomic E-state index is 0.0325. The largest absolute Gasteiger partial charge is 0.387 e. The Kier molecular flexibility index (Phi) is 6.39. The molecule has 2 aromatic carbocycles. The van der Waals surface area contributed by atoms with Gasteiger partial charge in [-0.05, 0) is 93.9 Å². The lowest BCUT2D eigenvalue weighted by molar-refractivity contribution is -0.153. The number of hydrogen-bond acceptors (Lipinski definition) is 8. The lowest BCUT2D eigenvalue weighted by Crippen LogP contribution is -2.59. The first kappa shape index (κ1) is 26.7. The SMILES string of the molecule is Cc1cc(C(C)Nc2ccccc2SN)c2cc(-c3ccc(C45COC(C(C)(C)O)(C4)C5)nc3)c(C#N)nc2c1. The maximum atomic E-state index is 10.6. The molecule has 3 fully saturated rings. The van der Waals surface area contributed by atoms with Crippen LogP contribution >= 0.6 is 11.9 Å². The molecule has 2 aromatic heterocycles. The van der Waals surface area contributed by atoms with Crippen LogP contribution in [0.1, 0.15) is 62.2 Å². The fraction of sp³-hybridized carbons (Fsp3) is 0.344. The number of nitriles is 1. The molecule has 1 saturated carbocycles. The van der Waals surface area contributed by atoms with E-state index in [0.717, 1.165) is 62.3 Å². The smallest absolute Gasteiger partial charge is 0.149 e. The number of nitrogens with two attached hydrogens (primary N) is 1. The molecule has 4 N–H and O–H groups in total. The van der Waals surface area contributed by atoms with Gasteiger partial charge < -0.3 is 15.2 Å². The first-order valence-corrected chi connectivity index (χ1v) is 14.4. The third kappa shape index (κ3) is 4.25. The minimum Gasteiger partial charge on any atom is -0.387 e. The number of para-hydroxylation sites is 1. The van der Waals surface area contributed by atoms with Crippen molar-refractivity contribution in [1.29, 1.82) is 5.26 Å². The van der Waals surface area contributed by atoms with Gasteiger partial charge in [0.15, 0.2) is 0 Å². The number of pyridine rings is 2. The van der Waals surface area contributed by atoms with E-state index in [4.69, 9.17) is 19.8 Å². The van der Waals surface area contributed by atoms with E-state index in [2.05, 4.69) is 30.4 Å². The summed E-state index contributed by atoms with van der Waals surface area (Å²) in [4.78, 5) is 10.6. The fourth-order valence-corrected chi connectivity index (χ4v) is 6.78. The number of hydrogen-bond donors (Lipinski definition) is 3. The van der Waals surface area contributed by atoms with Crippen molar-refractivity contribution in [2.75, 3.05) is 11.9 Å². The van der Waals surface area contributed by atoms with Gasteiger partial charge in [0, 0.05) is 50.4 Å². The Morgan fingerprint density at radius 3 is 2.60 bits per heavy atom. The highest BCUT2D eigenvalue weighted by Crippen LogP contribution is 2.62. The molecule has 3 aliphatic rings. The van der Waals surface area contributed by atoms with Gasteiger partial charge in [0.25, 0.3) is 0 Å². The Hall–Kier alpha value is -3.48. The van der Waals surface area contributed by atoms with Crippen molar-refractivity contribution in [3.05, 3.63) is 83.3 Å². The van der Waals surface area contributed by atoms with Gasteiger partial charge in [0.05, 0.1) is 23.3 Å². The highest BCUT2D eigenvalue weighted by molar-refractivity contribution is 7.97. The molecule has 0 amide bonds. The number of aliphatic hydroxyl groups is 1. The van der Waals surface area contributed by atoms with E-state index in [9.17, 15) is 10.4 Å².